The maximum absolute atomic E-state index is 6.59. The van der Waals surface area contributed by atoms with E-state index in [1.54, 1.807) is 0 Å². The molecule has 5 heteroatoms. The first-order chi connectivity index (χ1) is 23.6. The van der Waals surface area contributed by atoms with Gasteiger partial charge in [0.2, 0.25) is 0 Å². The minimum Gasteiger partial charge on any atom is -0.394 e. The highest BCUT2D eigenvalue weighted by atomic mass is 79.9. The van der Waals surface area contributed by atoms with E-state index in [9.17, 15) is 0 Å². The van der Waals surface area contributed by atoms with Crippen LogP contribution in [0.4, 0.5) is 0 Å². The third-order valence-electron chi connectivity index (χ3n) is 10.4. The van der Waals surface area contributed by atoms with Gasteiger partial charge < -0.3 is 13.6 Å². The van der Waals surface area contributed by atoms with E-state index in [1.165, 1.54) is 193 Å². The summed E-state index contributed by atoms with van der Waals surface area (Å²) in [6.07, 6.45) is 49.4. The lowest BCUT2D eigenvalue weighted by Gasteiger charge is -2.29. The quantitative estimate of drug-likeness (QED) is 0.0208. The van der Waals surface area contributed by atoms with E-state index in [1.807, 2.05) is 0 Å². The van der Waals surface area contributed by atoms with Crippen LogP contribution >= 0.6 is 15.9 Å². The van der Waals surface area contributed by atoms with Crippen LogP contribution in [0.5, 0.6) is 0 Å². The molecule has 0 radical (unpaired) electrons. The Morgan fingerprint density at radius 3 is 1.69 bits per heavy atom. The number of ether oxygens (including phenoxy) is 1. The van der Waals surface area contributed by atoms with Crippen LogP contribution in [0.15, 0.2) is 12.2 Å². The molecule has 0 N–H and O–H groups in total. The molecule has 0 spiro atoms. The van der Waals surface area contributed by atoms with Gasteiger partial charge in [-0.2, -0.15) is 0 Å². The molecular weight excluding hydrogens is 672 g/mol. The number of hydrogen-bond donors (Lipinski definition) is 0. The Kier molecular flexibility index (Phi) is 34.5. The molecule has 0 aromatic heterocycles. The topological polar surface area (TPSA) is 27.7 Å². The van der Waals surface area contributed by atoms with Gasteiger partial charge in [0.1, 0.15) is 6.29 Å². The first-order valence-corrected chi connectivity index (χ1v) is 25.7. The predicted molar refractivity (Wildman–Crippen MR) is 219 cm³/mol. The summed E-state index contributed by atoms with van der Waals surface area (Å²) in [5.41, 5.74) is 0. The maximum Gasteiger partial charge on any atom is 0.333 e. The van der Waals surface area contributed by atoms with Gasteiger partial charge in [0.25, 0.3) is 0 Å². The van der Waals surface area contributed by atoms with Crippen LogP contribution in [-0.4, -0.2) is 33.4 Å². The molecular formula is C43H85BrO3Si. The lowest BCUT2D eigenvalue weighted by atomic mass is 9.85. The number of unbranched alkanes of at least 4 members (excludes halogenated alkanes) is 22. The smallest absolute Gasteiger partial charge is 0.333 e. The summed E-state index contributed by atoms with van der Waals surface area (Å²) >= 11 is 3.54. The van der Waals surface area contributed by atoms with Crippen LogP contribution in [0.2, 0.25) is 13.1 Å². The lowest BCUT2D eigenvalue weighted by Crippen LogP contribution is -2.40. The molecule has 0 heterocycles. The number of alkyl halides is 1. The monoisotopic (exact) mass is 757 g/mol. The molecule has 286 valence electrons. The van der Waals surface area contributed by atoms with Gasteiger partial charge in [-0.05, 0) is 76.8 Å². The molecule has 1 unspecified atom stereocenters. The molecule has 48 heavy (non-hydrogen) atoms. The Morgan fingerprint density at radius 1 is 0.583 bits per heavy atom. The van der Waals surface area contributed by atoms with Crippen LogP contribution < -0.4 is 0 Å². The van der Waals surface area contributed by atoms with E-state index in [4.69, 9.17) is 13.6 Å². The van der Waals surface area contributed by atoms with E-state index in [0.717, 1.165) is 43.7 Å². The third kappa shape index (κ3) is 32.2. The van der Waals surface area contributed by atoms with E-state index in [0.29, 0.717) is 0 Å². The maximum atomic E-state index is 6.59. The molecule has 1 aliphatic carbocycles. The Bertz CT molecular complexity index is 666. The van der Waals surface area contributed by atoms with Crippen molar-refractivity contribution in [3.05, 3.63) is 12.2 Å². The van der Waals surface area contributed by atoms with Crippen molar-refractivity contribution in [2.24, 2.45) is 5.92 Å². The Hall–Kier alpha value is 0.317. The summed E-state index contributed by atoms with van der Waals surface area (Å²) < 4.78 is 19.3. The Morgan fingerprint density at radius 2 is 1.08 bits per heavy atom. The molecule has 0 amide bonds. The van der Waals surface area contributed by atoms with E-state index in [2.05, 4.69) is 48.1 Å². The van der Waals surface area contributed by atoms with Crippen LogP contribution in [0, 0.1) is 5.92 Å². The molecule has 0 aliphatic heterocycles. The molecule has 1 rings (SSSR count). The zero-order chi connectivity index (χ0) is 34.6. The van der Waals surface area contributed by atoms with Gasteiger partial charge in [0.05, 0.1) is 0 Å². The zero-order valence-electron chi connectivity index (χ0n) is 32.9. The molecule has 0 aromatic rings. The highest BCUT2D eigenvalue weighted by Gasteiger charge is 2.29. The highest BCUT2D eigenvalue weighted by molar-refractivity contribution is 9.09. The standard InChI is InChI=1S/C43H85BrO3Si/c1-4-5-6-7-8-9-10-11-12-13-14-17-20-23-31-38-43(47-48(2,3)46-41-34-26-24-32-39-44)45-40-33-25-21-18-15-16-19-22-28-35-42-36-29-27-30-37-42/h11-12,42-43H,4-10,13-41H2,1-3H3/b12-11-. The summed E-state index contributed by atoms with van der Waals surface area (Å²) in [4.78, 5) is 0. The van der Waals surface area contributed by atoms with Crippen LogP contribution in [0.1, 0.15) is 219 Å². The largest absolute Gasteiger partial charge is 0.394 e. The summed E-state index contributed by atoms with van der Waals surface area (Å²) in [7, 11) is -2.20. The Labute approximate surface area is 311 Å². The van der Waals surface area contributed by atoms with E-state index >= 15 is 0 Å². The summed E-state index contributed by atoms with van der Waals surface area (Å²) in [6, 6.07) is 0. The predicted octanol–water partition coefficient (Wildman–Crippen LogP) is 15.5. The van der Waals surface area contributed by atoms with E-state index < -0.39 is 8.56 Å². The van der Waals surface area contributed by atoms with Crippen LogP contribution in [0.3, 0.4) is 0 Å². The Balaban J connectivity index is 2.16. The number of allylic oxidation sites excluding steroid dienone is 2. The fourth-order valence-electron chi connectivity index (χ4n) is 7.24. The van der Waals surface area contributed by atoms with Crippen molar-refractivity contribution in [2.45, 2.75) is 238 Å². The molecule has 0 saturated heterocycles. The summed E-state index contributed by atoms with van der Waals surface area (Å²) in [6.45, 7) is 8.35. The van der Waals surface area contributed by atoms with Gasteiger partial charge in [-0.15, -0.1) is 0 Å². The van der Waals surface area contributed by atoms with Crippen molar-refractivity contribution in [1.29, 1.82) is 0 Å². The second-order valence-corrected chi connectivity index (χ2v) is 19.7. The van der Waals surface area contributed by atoms with Gasteiger partial charge in [-0.3, -0.25) is 0 Å². The van der Waals surface area contributed by atoms with Crippen molar-refractivity contribution in [3.63, 3.8) is 0 Å². The summed E-state index contributed by atoms with van der Waals surface area (Å²) in [5, 5.41) is 1.10. The molecule has 1 saturated carbocycles. The van der Waals surface area contributed by atoms with Gasteiger partial charge in [0, 0.05) is 18.5 Å². The molecule has 0 aromatic carbocycles. The van der Waals surface area contributed by atoms with E-state index in [-0.39, 0.29) is 6.29 Å². The van der Waals surface area contributed by atoms with Crippen molar-refractivity contribution >= 4 is 24.5 Å². The molecule has 1 aliphatic rings. The fraction of sp³-hybridized carbons (Fsp3) is 0.953. The highest BCUT2D eigenvalue weighted by Crippen LogP contribution is 2.28. The van der Waals surface area contributed by atoms with Crippen LogP contribution in [0.25, 0.3) is 0 Å². The zero-order valence-corrected chi connectivity index (χ0v) is 35.5. The molecule has 1 fully saturated rings. The average molecular weight is 758 g/mol. The van der Waals surface area contributed by atoms with Crippen LogP contribution in [-0.2, 0) is 13.6 Å². The fourth-order valence-corrected chi connectivity index (χ4v) is 9.16. The minimum absolute atomic E-state index is 0.0985. The molecule has 0 bridgehead atoms. The van der Waals surface area contributed by atoms with Crippen molar-refractivity contribution in [1.82, 2.24) is 0 Å². The van der Waals surface area contributed by atoms with Crippen molar-refractivity contribution in [3.8, 4) is 0 Å². The normalized spacial score (nSPS) is 15.2. The SMILES string of the molecule is CCCCCCCC/C=C\CCCCCCCC(OCCCCCCCCCCCC1CCCCC1)O[Si](C)(C)OCCCCCCBr. The second kappa shape index (κ2) is 35.7. The average Bonchev–Trinajstić information content (AvgIpc) is 3.08. The number of rotatable bonds is 37. The second-order valence-electron chi connectivity index (χ2n) is 15.6. The number of hydrogen-bond acceptors (Lipinski definition) is 3. The summed E-state index contributed by atoms with van der Waals surface area (Å²) in [5.74, 6) is 1.06. The number of halogens is 1. The molecule has 1 atom stereocenters. The lowest BCUT2D eigenvalue weighted by molar-refractivity contribution is -0.104. The van der Waals surface area contributed by atoms with Gasteiger partial charge in [-0.1, -0.05) is 189 Å². The first-order valence-electron chi connectivity index (χ1n) is 21.7. The first kappa shape index (κ1) is 46.3. The van der Waals surface area contributed by atoms with Gasteiger partial charge in [-0.25, -0.2) is 0 Å². The van der Waals surface area contributed by atoms with Gasteiger partial charge >= 0.3 is 8.56 Å². The minimum atomic E-state index is -2.20. The van der Waals surface area contributed by atoms with Crippen molar-refractivity contribution < 1.29 is 13.6 Å². The van der Waals surface area contributed by atoms with Gasteiger partial charge in [0.15, 0.2) is 0 Å². The van der Waals surface area contributed by atoms with Crippen molar-refractivity contribution in [2.75, 3.05) is 18.5 Å². The third-order valence-corrected chi connectivity index (χ3v) is 12.7. The molecule has 3 nitrogen and oxygen atoms in total.